The summed E-state index contributed by atoms with van der Waals surface area (Å²) < 4.78 is 47.6. The summed E-state index contributed by atoms with van der Waals surface area (Å²) in [7, 11) is 0. The molecule has 0 fully saturated rings. The van der Waals surface area contributed by atoms with Crippen LogP contribution in [0.1, 0.15) is 42.0 Å². The number of alkyl halides is 3. The first-order valence-corrected chi connectivity index (χ1v) is 12.5. The zero-order valence-electron chi connectivity index (χ0n) is 20.3. The first kappa shape index (κ1) is 27.6. The SMILES string of the molecule is O=C(NCCCC(O)c1nc2ccccc2o1)[C@H](Cc1ccccc1Cl)N[C@@H](c1ccccc1)C(F)(F)F. The minimum atomic E-state index is -4.63. The van der Waals surface area contributed by atoms with Gasteiger partial charge in [0.1, 0.15) is 17.7 Å². The molecular formula is C28H27ClF3N3O3. The number of fused-ring (bicyclic) bond motifs is 1. The smallest absolute Gasteiger partial charge is 0.407 e. The van der Waals surface area contributed by atoms with Gasteiger partial charge in [-0.3, -0.25) is 10.1 Å². The molecule has 10 heteroatoms. The van der Waals surface area contributed by atoms with E-state index in [1.165, 1.54) is 24.3 Å². The molecule has 1 amide bonds. The number of amides is 1. The highest BCUT2D eigenvalue weighted by Crippen LogP contribution is 2.33. The summed E-state index contributed by atoms with van der Waals surface area (Å²) in [5, 5.41) is 16.0. The van der Waals surface area contributed by atoms with Crippen molar-refractivity contribution in [1.82, 2.24) is 15.6 Å². The number of oxazole rings is 1. The van der Waals surface area contributed by atoms with Crippen molar-refractivity contribution in [1.29, 1.82) is 0 Å². The second-order valence-corrected chi connectivity index (χ2v) is 9.28. The zero-order chi connectivity index (χ0) is 27.1. The fraction of sp³-hybridized carbons (Fsp3) is 0.286. The third-order valence-electron chi connectivity index (χ3n) is 6.08. The molecule has 4 rings (SSSR count). The molecule has 0 bridgehead atoms. The predicted molar refractivity (Wildman–Crippen MR) is 139 cm³/mol. The minimum absolute atomic E-state index is 0.00147. The molecule has 200 valence electrons. The number of aromatic nitrogens is 1. The molecule has 1 unspecified atom stereocenters. The van der Waals surface area contributed by atoms with Crippen molar-refractivity contribution in [3.8, 4) is 0 Å². The van der Waals surface area contributed by atoms with Crippen molar-refractivity contribution in [2.45, 2.75) is 43.6 Å². The molecule has 0 aliphatic carbocycles. The molecule has 1 aromatic heterocycles. The maximum atomic E-state index is 14.0. The standard InChI is InChI=1S/C28H27ClF3N3O3/c29-20-12-5-4-11-19(20)17-22(34-25(28(30,31)32)18-9-2-1-3-10-18)26(37)33-16-8-14-23(36)27-35-21-13-6-7-15-24(21)38-27/h1-7,9-13,15,22-23,25,34,36H,8,14,16-17H2,(H,33,37)/t22-,23?,25-/m0/s1. The number of benzene rings is 3. The van der Waals surface area contributed by atoms with E-state index in [1.54, 1.807) is 48.5 Å². The number of hydrogen-bond acceptors (Lipinski definition) is 5. The van der Waals surface area contributed by atoms with Gasteiger partial charge < -0.3 is 14.8 Å². The molecule has 3 aromatic carbocycles. The molecule has 1 heterocycles. The number of carbonyl (C=O) groups is 1. The summed E-state index contributed by atoms with van der Waals surface area (Å²) in [6.45, 7) is 0.138. The maximum Gasteiger partial charge on any atom is 0.407 e. The average Bonchev–Trinajstić information content (AvgIpc) is 3.34. The Morgan fingerprint density at radius 2 is 1.68 bits per heavy atom. The molecule has 0 spiro atoms. The zero-order valence-corrected chi connectivity index (χ0v) is 21.0. The van der Waals surface area contributed by atoms with Gasteiger partial charge in [0.2, 0.25) is 11.8 Å². The van der Waals surface area contributed by atoms with Crippen LogP contribution in [0.4, 0.5) is 13.2 Å². The number of halogens is 4. The second kappa shape index (κ2) is 12.4. The van der Waals surface area contributed by atoms with Gasteiger partial charge in [0, 0.05) is 11.6 Å². The Bertz CT molecular complexity index is 1310. The largest absolute Gasteiger partial charge is 0.438 e. The molecule has 3 atom stereocenters. The van der Waals surface area contributed by atoms with Gasteiger partial charge in [-0.25, -0.2) is 4.98 Å². The van der Waals surface area contributed by atoms with Crippen LogP contribution in [0.3, 0.4) is 0 Å². The number of nitrogens with one attached hydrogen (secondary N) is 2. The lowest BCUT2D eigenvalue weighted by Gasteiger charge is -2.28. The van der Waals surface area contributed by atoms with Gasteiger partial charge in [-0.05, 0) is 48.6 Å². The van der Waals surface area contributed by atoms with Gasteiger partial charge in [0.05, 0.1) is 6.04 Å². The van der Waals surface area contributed by atoms with E-state index in [-0.39, 0.29) is 30.8 Å². The fourth-order valence-electron chi connectivity index (χ4n) is 4.12. The predicted octanol–water partition coefficient (Wildman–Crippen LogP) is 5.92. The average molecular weight is 546 g/mol. The minimum Gasteiger partial charge on any atom is -0.438 e. The number of rotatable bonds is 11. The lowest BCUT2D eigenvalue weighted by atomic mass is 10.0. The Morgan fingerprint density at radius 1 is 1.00 bits per heavy atom. The van der Waals surface area contributed by atoms with Crippen molar-refractivity contribution in [2.75, 3.05) is 6.54 Å². The normalized spacial score (nSPS) is 14.2. The molecule has 0 aliphatic rings. The molecule has 0 radical (unpaired) electrons. The van der Waals surface area contributed by atoms with Crippen molar-refractivity contribution in [3.05, 3.63) is 101 Å². The second-order valence-electron chi connectivity index (χ2n) is 8.87. The molecular weight excluding hydrogens is 519 g/mol. The van der Waals surface area contributed by atoms with E-state index in [2.05, 4.69) is 15.6 Å². The summed E-state index contributed by atoms with van der Waals surface area (Å²) in [5.41, 5.74) is 1.72. The third-order valence-corrected chi connectivity index (χ3v) is 6.44. The molecule has 0 aliphatic heterocycles. The van der Waals surface area contributed by atoms with Crippen LogP contribution in [0.5, 0.6) is 0 Å². The van der Waals surface area contributed by atoms with Crippen molar-refractivity contribution in [2.24, 2.45) is 0 Å². The number of para-hydroxylation sites is 2. The van der Waals surface area contributed by atoms with Crippen molar-refractivity contribution >= 4 is 28.6 Å². The van der Waals surface area contributed by atoms with Gasteiger partial charge in [-0.15, -0.1) is 0 Å². The van der Waals surface area contributed by atoms with Gasteiger partial charge in [0.25, 0.3) is 0 Å². The monoisotopic (exact) mass is 545 g/mol. The van der Waals surface area contributed by atoms with Gasteiger partial charge >= 0.3 is 6.18 Å². The Balaban J connectivity index is 1.42. The van der Waals surface area contributed by atoms with Crippen LogP contribution in [0.25, 0.3) is 11.1 Å². The lowest BCUT2D eigenvalue weighted by molar-refractivity contribution is -0.160. The van der Waals surface area contributed by atoms with Crippen molar-refractivity contribution in [3.63, 3.8) is 0 Å². The highest BCUT2D eigenvalue weighted by molar-refractivity contribution is 6.31. The molecule has 0 saturated heterocycles. The quantitative estimate of drug-likeness (QED) is 0.204. The van der Waals surface area contributed by atoms with Gasteiger partial charge in [-0.1, -0.05) is 72.3 Å². The number of aliphatic hydroxyl groups excluding tert-OH is 1. The summed E-state index contributed by atoms with van der Waals surface area (Å²) in [5.74, 6) is -0.432. The third kappa shape index (κ3) is 7.12. The first-order valence-electron chi connectivity index (χ1n) is 12.1. The fourth-order valence-corrected chi connectivity index (χ4v) is 4.34. The number of carbonyl (C=O) groups excluding carboxylic acids is 1. The van der Waals surface area contributed by atoms with E-state index in [0.717, 1.165) is 0 Å². The van der Waals surface area contributed by atoms with Crippen LogP contribution in [0.15, 0.2) is 83.3 Å². The van der Waals surface area contributed by atoms with Crippen LogP contribution < -0.4 is 10.6 Å². The van der Waals surface area contributed by atoms with Crippen LogP contribution in [-0.4, -0.2) is 34.8 Å². The number of nitrogens with zero attached hydrogens (tertiary/aromatic N) is 1. The molecule has 4 aromatic rings. The Kier molecular flexibility index (Phi) is 9.04. The molecule has 38 heavy (non-hydrogen) atoms. The van der Waals surface area contributed by atoms with Crippen LogP contribution in [-0.2, 0) is 11.2 Å². The van der Waals surface area contributed by atoms with E-state index in [1.807, 2.05) is 6.07 Å². The molecule has 6 nitrogen and oxygen atoms in total. The molecule has 0 saturated carbocycles. The summed E-state index contributed by atoms with van der Waals surface area (Å²) in [6.07, 6.45) is -5.07. The van der Waals surface area contributed by atoms with Crippen LogP contribution in [0, 0.1) is 0 Å². The van der Waals surface area contributed by atoms with E-state index >= 15 is 0 Å². The lowest BCUT2D eigenvalue weighted by Crippen LogP contribution is -2.50. The van der Waals surface area contributed by atoms with E-state index in [9.17, 15) is 23.1 Å². The number of hydrogen-bond donors (Lipinski definition) is 3. The summed E-state index contributed by atoms with van der Waals surface area (Å²) in [4.78, 5) is 17.4. The Hall–Kier alpha value is -3.40. The Morgan fingerprint density at radius 3 is 2.39 bits per heavy atom. The highest BCUT2D eigenvalue weighted by Gasteiger charge is 2.42. The summed E-state index contributed by atoms with van der Waals surface area (Å²) in [6, 6.07) is 17.9. The van der Waals surface area contributed by atoms with E-state index in [4.69, 9.17) is 16.0 Å². The topological polar surface area (TPSA) is 87.4 Å². The van der Waals surface area contributed by atoms with Crippen LogP contribution in [0.2, 0.25) is 5.02 Å². The van der Waals surface area contributed by atoms with Crippen LogP contribution >= 0.6 is 11.6 Å². The van der Waals surface area contributed by atoms with Crippen molar-refractivity contribution < 1.29 is 27.5 Å². The molecule has 3 N–H and O–H groups in total. The summed E-state index contributed by atoms with van der Waals surface area (Å²) >= 11 is 6.24. The first-order chi connectivity index (χ1) is 18.2. The maximum absolute atomic E-state index is 14.0. The van der Waals surface area contributed by atoms with E-state index < -0.39 is 30.3 Å². The highest BCUT2D eigenvalue weighted by atomic mass is 35.5. The Labute approximate surface area is 222 Å². The van der Waals surface area contributed by atoms with Gasteiger partial charge in [0.15, 0.2) is 5.58 Å². The number of aliphatic hydroxyl groups is 1. The van der Waals surface area contributed by atoms with Gasteiger partial charge in [-0.2, -0.15) is 13.2 Å². The van der Waals surface area contributed by atoms with E-state index in [0.29, 0.717) is 28.1 Å².